The van der Waals surface area contributed by atoms with E-state index in [2.05, 4.69) is 15.3 Å². The van der Waals surface area contributed by atoms with Crippen LogP contribution in [0.1, 0.15) is 27.5 Å². The lowest BCUT2D eigenvalue weighted by molar-refractivity contribution is -0.125. The number of hydrogen-bond donors (Lipinski definition) is 1. The topological polar surface area (TPSA) is 81.2 Å². The molecule has 1 atom stereocenters. The molecule has 1 aromatic heterocycles. The third-order valence-corrected chi connectivity index (χ3v) is 4.86. The Bertz CT molecular complexity index is 1180. The van der Waals surface area contributed by atoms with Crippen molar-refractivity contribution in [2.75, 3.05) is 6.61 Å². The number of carbonyl (C=O) groups is 2. The molecule has 0 aliphatic rings. The average molecular weight is 411 g/mol. The standard InChI is InChI=1S/C25H21N3O3/c29-24(17-31-25(30)20-11-12-21-23(16-20)27-14-13-26-21)28-22(19-9-5-2-6-10-19)15-18-7-3-1-4-8-18/h1-14,16,22H,15,17H2,(H,28,29)/t22-/m0/s1. The lowest BCUT2D eigenvalue weighted by Gasteiger charge is -2.19. The molecule has 0 spiro atoms. The summed E-state index contributed by atoms with van der Waals surface area (Å²) in [5, 5.41) is 2.98. The van der Waals surface area contributed by atoms with Gasteiger partial charge in [0.1, 0.15) is 0 Å². The number of carbonyl (C=O) groups excluding carboxylic acids is 2. The largest absolute Gasteiger partial charge is 0.452 e. The van der Waals surface area contributed by atoms with Crippen LogP contribution in [-0.4, -0.2) is 28.5 Å². The van der Waals surface area contributed by atoms with E-state index in [9.17, 15) is 9.59 Å². The van der Waals surface area contributed by atoms with Crippen molar-refractivity contribution in [3.05, 3.63) is 108 Å². The Kier molecular flexibility index (Phi) is 6.28. The van der Waals surface area contributed by atoms with Crippen LogP contribution in [0.5, 0.6) is 0 Å². The van der Waals surface area contributed by atoms with Crippen molar-refractivity contribution in [2.45, 2.75) is 12.5 Å². The van der Waals surface area contributed by atoms with Crippen LogP contribution in [0.25, 0.3) is 11.0 Å². The number of nitrogens with one attached hydrogen (secondary N) is 1. The van der Waals surface area contributed by atoms with Crippen LogP contribution in [0.2, 0.25) is 0 Å². The van der Waals surface area contributed by atoms with Crippen LogP contribution in [0, 0.1) is 0 Å². The summed E-state index contributed by atoms with van der Waals surface area (Å²) in [6, 6.07) is 24.3. The fourth-order valence-corrected chi connectivity index (χ4v) is 3.33. The molecule has 31 heavy (non-hydrogen) atoms. The number of benzene rings is 3. The molecule has 1 N–H and O–H groups in total. The molecule has 1 amide bonds. The molecule has 4 aromatic rings. The van der Waals surface area contributed by atoms with E-state index < -0.39 is 5.97 Å². The number of fused-ring (bicyclic) bond motifs is 1. The van der Waals surface area contributed by atoms with Crippen molar-refractivity contribution in [3.63, 3.8) is 0 Å². The first kappa shape index (κ1) is 20.2. The van der Waals surface area contributed by atoms with Crippen LogP contribution < -0.4 is 5.32 Å². The van der Waals surface area contributed by atoms with E-state index in [1.54, 1.807) is 30.6 Å². The lowest BCUT2D eigenvalue weighted by Crippen LogP contribution is -2.33. The Morgan fingerprint density at radius 1 is 0.839 bits per heavy atom. The van der Waals surface area contributed by atoms with Gasteiger partial charge in [-0.25, -0.2) is 4.79 Å². The minimum atomic E-state index is -0.581. The highest BCUT2D eigenvalue weighted by Crippen LogP contribution is 2.18. The first-order chi connectivity index (χ1) is 15.2. The molecule has 154 valence electrons. The highest BCUT2D eigenvalue weighted by atomic mass is 16.5. The van der Waals surface area contributed by atoms with Gasteiger partial charge in [-0.1, -0.05) is 60.7 Å². The predicted molar refractivity (Wildman–Crippen MR) is 117 cm³/mol. The average Bonchev–Trinajstić information content (AvgIpc) is 2.83. The third kappa shape index (κ3) is 5.30. The fraction of sp³-hybridized carbons (Fsp3) is 0.120. The Morgan fingerprint density at radius 3 is 2.26 bits per heavy atom. The molecule has 0 unspecified atom stereocenters. The summed E-state index contributed by atoms with van der Waals surface area (Å²) in [6.07, 6.45) is 3.78. The maximum atomic E-state index is 12.6. The van der Waals surface area contributed by atoms with Gasteiger partial charge in [0.15, 0.2) is 6.61 Å². The normalized spacial score (nSPS) is 11.6. The van der Waals surface area contributed by atoms with Crippen LogP contribution in [0.3, 0.4) is 0 Å². The second kappa shape index (κ2) is 9.63. The van der Waals surface area contributed by atoms with E-state index >= 15 is 0 Å². The molecule has 0 fully saturated rings. The van der Waals surface area contributed by atoms with Crippen molar-refractivity contribution in [3.8, 4) is 0 Å². The molecular weight excluding hydrogens is 390 g/mol. The third-order valence-electron chi connectivity index (χ3n) is 4.86. The Balaban J connectivity index is 1.40. The molecule has 1 heterocycles. The van der Waals surface area contributed by atoms with Crippen molar-refractivity contribution >= 4 is 22.9 Å². The zero-order valence-corrected chi connectivity index (χ0v) is 16.8. The van der Waals surface area contributed by atoms with Crippen LogP contribution in [0.15, 0.2) is 91.3 Å². The number of ether oxygens (including phenoxy) is 1. The molecule has 0 bridgehead atoms. The van der Waals surface area contributed by atoms with Gasteiger partial charge in [-0.05, 0) is 35.7 Å². The van der Waals surface area contributed by atoms with Crippen LogP contribution >= 0.6 is 0 Å². The molecule has 3 aromatic carbocycles. The summed E-state index contributed by atoms with van der Waals surface area (Å²) in [4.78, 5) is 33.3. The summed E-state index contributed by atoms with van der Waals surface area (Å²) in [6.45, 7) is -0.366. The highest BCUT2D eigenvalue weighted by Gasteiger charge is 2.17. The summed E-state index contributed by atoms with van der Waals surface area (Å²) in [5.74, 6) is -0.944. The van der Waals surface area contributed by atoms with E-state index in [0.717, 1.165) is 11.1 Å². The van der Waals surface area contributed by atoms with Crippen molar-refractivity contribution in [1.29, 1.82) is 0 Å². The Hall–Kier alpha value is -4.06. The lowest BCUT2D eigenvalue weighted by atomic mass is 9.99. The minimum absolute atomic E-state index is 0.231. The van der Waals surface area contributed by atoms with Crippen LogP contribution in [0.4, 0.5) is 0 Å². The SMILES string of the molecule is O=C(COC(=O)c1ccc2nccnc2c1)N[C@@H](Cc1ccccc1)c1ccccc1. The molecule has 0 saturated heterocycles. The van der Waals surface area contributed by atoms with E-state index in [-0.39, 0.29) is 18.6 Å². The van der Waals surface area contributed by atoms with Gasteiger partial charge in [-0.15, -0.1) is 0 Å². The molecule has 0 saturated carbocycles. The van der Waals surface area contributed by atoms with Crippen molar-refractivity contribution in [1.82, 2.24) is 15.3 Å². The Labute approximate surface area is 179 Å². The zero-order chi connectivity index (χ0) is 21.5. The fourth-order valence-electron chi connectivity index (χ4n) is 3.33. The first-order valence-electron chi connectivity index (χ1n) is 9.95. The molecule has 0 aliphatic carbocycles. The van der Waals surface area contributed by atoms with E-state index in [1.165, 1.54) is 0 Å². The monoisotopic (exact) mass is 411 g/mol. The van der Waals surface area contributed by atoms with Gasteiger partial charge in [-0.2, -0.15) is 0 Å². The van der Waals surface area contributed by atoms with Gasteiger partial charge in [0.25, 0.3) is 5.91 Å². The molecule has 6 heteroatoms. The van der Waals surface area contributed by atoms with Gasteiger partial charge in [0.2, 0.25) is 0 Å². The number of rotatable bonds is 7. The molecule has 6 nitrogen and oxygen atoms in total. The summed E-state index contributed by atoms with van der Waals surface area (Å²) in [7, 11) is 0. The van der Waals surface area contributed by atoms with Crippen LogP contribution in [-0.2, 0) is 16.0 Å². The summed E-state index contributed by atoms with van der Waals surface area (Å²) in [5.41, 5.74) is 3.69. The van der Waals surface area contributed by atoms with Gasteiger partial charge >= 0.3 is 5.97 Å². The summed E-state index contributed by atoms with van der Waals surface area (Å²) >= 11 is 0. The maximum Gasteiger partial charge on any atom is 0.338 e. The molecular formula is C25H21N3O3. The zero-order valence-electron chi connectivity index (χ0n) is 16.8. The predicted octanol–water partition coefficient (Wildman–Crippen LogP) is 3.89. The second-order valence-electron chi connectivity index (χ2n) is 7.06. The van der Waals surface area contributed by atoms with Crippen molar-refractivity contribution in [2.24, 2.45) is 0 Å². The number of amides is 1. The van der Waals surface area contributed by atoms with Crippen molar-refractivity contribution < 1.29 is 14.3 Å². The number of hydrogen-bond acceptors (Lipinski definition) is 5. The second-order valence-corrected chi connectivity index (χ2v) is 7.06. The number of aromatic nitrogens is 2. The Morgan fingerprint density at radius 2 is 1.52 bits per heavy atom. The number of esters is 1. The van der Waals surface area contributed by atoms with Gasteiger partial charge in [0.05, 0.1) is 22.6 Å². The molecule has 0 aliphatic heterocycles. The quantitative estimate of drug-likeness (QED) is 0.467. The molecule has 4 rings (SSSR count). The van der Waals surface area contributed by atoms with E-state index in [0.29, 0.717) is 23.0 Å². The van der Waals surface area contributed by atoms with Gasteiger partial charge < -0.3 is 10.1 Å². The van der Waals surface area contributed by atoms with E-state index in [1.807, 2.05) is 60.7 Å². The summed E-state index contributed by atoms with van der Waals surface area (Å²) < 4.78 is 5.23. The minimum Gasteiger partial charge on any atom is -0.452 e. The first-order valence-corrected chi connectivity index (χ1v) is 9.95. The van der Waals surface area contributed by atoms with Gasteiger partial charge in [0, 0.05) is 12.4 Å². The van der Waals surface area contributed by atoms with E-state index in [4.69, 9.17) is 4.74 Å². The van der Waals surface area contributed by atoms with Gasteiger partial charge in [-0.3, -0.25) is 14.8 Å². The highest BCUT2D eigenvalue weighted by molar-refractivity contribution is 5.94. The molecule has 0 radical (unpaired) electrons. The maximum absolute atomic E-state index is 12.6. The smallest absolute Gasteiger partial charge is 0.338 e. The number of nitrogens with zero attached hydrogens (tertiary/aromatic N) is 2.